The normalized spacial score (nSPS) is 19.8. The molecule has 0 amide bonds. The van der Waals surface area contributed by atoms with Gasteiger partial charge in [-0.25, -0.2) is 18.7 Å². The van der Waals surface area contributed by atoms with E-state index in [4.69, 9.17) is 0 Å². The predicted octanol–water partition coefficient (Wildman–Crippen LogP) is 3.50. The lowest BCUT2D eigenvalue weighted by Gasteiger charge is -2.29. The molecule has 2 rings (SSSR count). The van der Waals surface area contributed by atoms with Gasteiger partial charge in [0.05, 0.1) is 0 Å². The molecule has 6 heteroatoms. The Morgan fingerprint density at radius 2 is 2.00 bits per heavy atom. The smallest absolute Gasteiger partial charge is 0.248 e. The van der Waals surface area contributed by atoms with Gasteiger partial charge in [0.1, 0.15) is 5.82 Å². The second-order valence-corrected chi connectivity index (χ2v) is 5.43. The molecule has 100 valence electrons. The minimum atomic E-state index is -2.48. The SMILES string of the molecule is CSc1nc(C)cc(NC2CCC(F)(F)CC2)n1. The molecule has 1 aliphatic rings. The number of halogens is 2. The average Bonchev–Trinajstić information content (AvgIpc) is 2.31. The van der Waals surface area contributed by atoms with Crippen LogP contribution in [0.3, 0.4) is 0 Å². The van der Waals surface area contributed by atoms with E-state index in [1.54, 1.807) is 0 Å². The van der Waals surface area contributed by atoms with Crippen molar-refractivity contribution in [1.29, 1.82) is 0 Å². The van der Waals surface area contributed by atoms with Crippen molar-refractivity contribution in [3.63, 3.8) is 0 Å². The Hall–Kier alpha value is -0.910. The summed E-state index contributed by atoms with van der Waals surface area (Å²) in [5.74, 6) is -1.74. The van der Waals surface area contributed by atoms with Gasteiger partial charge < -0.3 is 5.32 Å². The number of hydrogen-bond donors (Lipinski definition) is 1. The summed E-state index contributed by atoms with van der Waals surface area (Å²) in [6, 6.07) is 1.94. The zero-order valence-corrected chi connectivity index (χ0v) is 11.4. The Bertz CT molecular complexity index is 416. The summed E-state index contributed by atoms with van der Waals surface area (Å²) in [5, 5.41) is 3.94. The second kappa shape index (κ2) is 5.38. The van der Waals surface area contributed by atoms with E-state index in [9.17, 15) is 8.78 Å². The van der Waals surface area contributed by atoms with Gasteiger partial charge in [0.25, 0.3) is 0 Å². The zero-order chi connectivity index (χ0) is 13.2. The minimum Gasteiger partial charge on any atom is -0.367 e. The van der Waals surface area contributed by atoms with Crippen LogP contribution in [0, 0.1) is 6.92 Å². The van der Waals surface area contributed by atoms with Crippen LogP contribution >= 0.6 is 11.8 Å². The fraction of sp³-hybridized carbons (Fsp3) is 0.667. The number of aryl methyl sites for hydroxylation is 1. The first-order valence-electron chi connectivity index (χ1n) is 6.02. The molecule has 0 aliphatic heterocycles. The summed E-state index contributed by atoms with van der Waals surface area (Å²) in [5.41, 5.74) is 0.887. The maximum Gasteiger partial charge on any atom is 0.248 e. The van der Waals surface area contributed by atoms with Crippen LogP contribution < -0.4 is 5.32 Å². The van der Waals surface area contributed by atoms with Crippen molar-refractivity contribution in [3.8, 4) is 0 Å². The Kier molecular flexibility index (Phi) is 4.04. The van der Waals surface area contributed by atoms with Gasteiger partial charge in [0.2, 0.25) is 5.92 Å². The fourth-order valence-corrected chi connectivity index (χ4v) is 2.53. The lowest BCUT2D eigenvalue weighted by atomic mass is 9.92. The van der Waals surface area contributed by atoms with Gasteiger partial charge in [0, 0.05) is 30.6 Å². The third-order valence-corrected chi connectivity index (χ3v) is 3.63. The molecular weight excluding hydrogens is 256 g/mol. The van der Waals surface area contributed by atoms with E-state index in [2.05, 4.69) is 15.3 Å². The molecule has 1 aliphatic carbocycles. The molecule has 0 aromatic carbocycles. The molecule has 1 saturated carbocycles. The summed E-state index contributed by atoms with van der Waals surface area (Å²) in [6.07, 6.45) is 2.82. The Morgan fingerprint density at radius 1 is 1.33 bits per heavy atom. The Morgan fingerprint density at radius 3 is 2.61 bits per heavy atom. The lowest BCUT2D eigenvalue weighted by molar-refractivity contribution is -0.0361. The third kappa shape index (κ3) is 3.54. The molecule has 1 N–H and O–H groups in total. The number of hydrogen-bond acceptors (Lipinski definition) is 4. The van der Waals surface area contributed by atoms with Crippen molar-refractivity contribution >= 4 is 17.6 Å². The number of rotatable bonds is 3. The van der Waals surface area contributed by atoms with E-state index in [0.29, 0.717) is 18.0 Å². The van der Waals surface area contributed by atoms with Crippen molar-refractivity contribution in [2.24, 2.45) is 0 Å². The molecule has 0 unspecified atom stereocenters. The van der Waals surface area contributed by atoms with Crippen molar-refractivity contribution in [3.05, 3.63) is 11.8 Å². The van der Waals surface area contributed by atoms with Crippen LogP contribution in [-0.4, -0.2) is 28.2 Å². The molecule has 0 atom stereocenters. The zero-order valence-electron chi connectivity index (χ0n) is 10.5. The molecule has 1 fully saturated rings. The van der Waals surface area contributed by atoms with Gasteiger partial charge in [-0.1, -0.05) is 11.8 Å². The molecular formula is C12H17F2N3S. The molecule has 18 heavy (non-hydrogen) atoms. The summed E-state index contributed by atoms with van der Waals surface area (Å²) >= 11 is 1.48. The van der Waals surface area contributed by atoms with Gasteiger partial charge >= 0.3 is 0 Å². The number of nitrogens with one attached hydrogen (secondary N) is 1. The average molecular weight is 273 g/mol. The second-order valence-electron chi connectivity index (χ2n) is 4.66. The maximum absolute atomic E-state index is 13.0. The first-order chi connectivity index (χ1) is 8.48. The summed E-state index contributed by atoms with van der Waals surface area (Å²) < 4.78 is 26.1. The highest BCUT2D eigenvalue weighted by molar-refractivity contribution is 7.98. The van der Waals surface area contributed by atoms with Crippen LogP contribution in [0.15, 0.2) is 11.2 Å². The monoisotopic (exact) mass is 273 g/mol. The predicted molar refractivity (Wildman–Crippen MR) is 69.4 cm³/mol. The summed E-state index contributed by atoms with van der Waals surface area (Å²) in [4.78, 5) is 8.60. The van der Waals surface area contributed by atoms with E-state index in [0.717, 1.165) is 11.5 Å². The van der Waals surface area contributed by atoms with E-state index >= 15 is 0 Å². The topological polar surface area (TPSA) is 37.8 Å². The highest BCUT2D eigenvalue weighted by Gasteiger charge is 2.34. The van der Waals surface area contributed by atoms with Crippen molar-refractivity contribution in [1.82, 2.24) is 9.97 Å². The largest absolute Gasteiger partial charge is 0.367 e. The highest BCUT2D eigenvalue weighted by atomic mass is 32.2. The van der Waals surface area contributed by atoms with Crippen molar-refractivity contribution in [2.75, 3.05) is 11.6 Å². The molecule has 0 saturated heterocycles. The molecule has 1 aromatic rings. The van der Waals surface area contributed by atoms with Gasteiger partial charge in [-0.15, -0.1) is 0 Å². The molecule has 3 nitrogen and oxygen atoms in total. The molecule has 0 bridgehead atoms. The van der Waals surface area contributed by atoms with Crippen LogP contribution in [0.5, 0.6) is 0 Å². The summed E-state index contributed by atoms with van der Waals surface area (Å²) in [6.45, 7) is 1.90. The van der Waals surface area contributed by atoms with Gasteiger partial charge in [-0.05, 0) is 26.0 Å². The van der Waals surface area contributed by atoms with Crippen molar-refractivity contribution in [2.45, 2.75) is 49.7 Å². The van der Waals surface area contributed by atoms with Crippen LogP contribution in [0.4, 0.5) is 14.6 Å². The number of thioether (sulfide) groups is 1. The third-order valence-electron chi connectivity index (χ3n) is 3.09. The minimum absolute atomic E-state index is 0.0376. The summed E-state index contributed by atoms with van der Waals surface area (Å²) in [7, 11) is 0. The molecule has 0 spiro atoms. The standard InChI is InChI=1S/C12H17F2N3S/c1-8-7-10(17-11(15-8)18-2)16-9-3-5-12(13,14)6-4-9/h7,9H,3-6H2,1-2H3,(H,15,16,17). The van der Waals surface area contributed by atoms with Crippen LogP contribution in [0.2, 0.25) is 0 Å². The number of alkyl halides is 2. The Labute approximate surface area is 110 Å². The fourth-order valence-electron chi connectivity index (χ4n) is 2.10. The van der Waals surface area contributed by atoms with Gasteiger partial charge in [-0.2, -0.15) is 0 Å². The first kappa shape index (κ1) is 13.5. The van der Waals surface area contributed by atoms with Crippen LogP contribution in [0.1, 0.15) is 31.4 Å². The lowest BCUT2D eigenvalue weighted by Crippen LogP contribution is -2.32. The highest BCUT2D eigenvalue weighted by Crippen LogP contribution is 2.34. The van der Waals surface area contributed by atoms with E-state index in [1.807, 2.05) is 19.2 Å². The molecule has 1 heterocycles. The first-order valence-corrected chi connectivity index (χ1v) is 7.25. The quantitative estimate of drug-likeness (QED) is 0.675. The van der Waals surface area contributed by atoms with Crippen LogP contribution in [0.25, 0.3) is 0 Å². The van der Waals surface area contributed by atoms with E-state index < -0.39 is 5.92 Å². The number of anilines is 1. The van der Waals surface area contributed by atoms with Crippen LogP contribution in [-0.2, 0) is 0 Å². The number of aromatic nitrogens is 2. The van der Waals surface area contributed by atoms with E-state index in [-0.39, 0.29) is 18.9 Å². The van der Waals surface area contributed by atoms with Gasteiger partial charge in [0.15, 0.2) is 5.16 Å². The van der Waals surface area contributed by atoms with E-state index in [1.165, 1.54) is 11.8 Å². The van der Waals surface area contributed by atoms with Gasteiger partial charge in [-0.3, -0.25) is 0 Å². The number of nitrogens with zero attached hydrogens (tertiary/aromatic N) is 2. The maximum atomic E-state index is 13.0. The molecule has 0 radical (unpaired) electrons. The molecule has 1 aromatic heterocycles. The Balaban J connectivity index is 2.00. The van der Waals surface area contributed by atoms with Crippen molar-refractivity contribution < 1.29 is 8.78 Å².